The van der Waals surface area contributed by atoms with Crippen molar-refractivity contribution < 1.29 is 9.47 Å². The summed E-state index contributed by atoms with van der Waals surface area (Å²) in [5, 5.41) is 10.6. The smallest absolute Gasteiger partial charge is 0.270 e. The molecule has 1 N–H and O–H groups in total. The van der Waals surface area contributed by atoms with E-state index in [1.54, 1.807) is 31.6 Å². The average Bonchev–Trinajstić information content (AvgIpc) is 2.61. The molecule has 2 aromatic rings. The SMILES string of the molecule is COc1cc(-c2nc(SC)[nH]c(=O)c2C#N)ccc1OCCCBr. The molecule has 0 spiro atoms. The van der Waals surface area contributed by atoms with E-state index in [4.69, 9.17) is 9.47 Å². The van der Waals surface area contributed by atoms with Gasteiger partial charge in [-0.1, -0.05) is 27.7 Å². The van der Waals surface area contributed by atoms with E-state index in [9.17, 15) is 10.1 Å². The second-order valence-corrected chi connectivity index (χ2v) is 6.26. The Hall–Kier alpha value is -1.98. The lowest BCUT2D eigenvalue weighted by atomic mass is 10.1. The van der Waals surface area contributed by atoms with E-state index in [2.05, 4.69) is 25.9 Å². The first-order chi connectivity index (χ1) is 11.6. The normalized spacial score (nSPS) is 10.2. The van der Waals surface area contributed by atoms with Gasteiger partial charge in [0.1, 0.15) is 11.6 Å². The summed E-state index contributed by atoms with van der Waals surface area (Å²) in [5.41, 5.74) is 0.472. The molecular formula is C16H16BrN3O3S. The number of benzene rings is 1. The molecule has 0 aliphatic carbocycles. The number of hydrogen-bond acceptors (Lipinski definition) is 6. The molecule has 0 amide bonds. The van der Waals surface area contributed by atoms with Crippen molar-refractivity contribution in [2.75, 3.05) is 25.3 Å². The highest BCUT2D eigenvalue weighted by molar-refractivity contribution is 9.09. The number of nitriles is 1. The van der Waals surface area contributed by atoms with Crippen LogP contribution in [0.2, 0.25) is 0 Å². The van der Waals surface area contributed by atoms with Crippen LogP contribution >= 0.6 is 27.7 Å². The minimum absolute atomic E-state index is 0.0252. The molecule has 2 rings (SSSR count). The van der Waals surface area contributed by atoms with Crippen LogP contribution in [-0.4, -0.2) is 35.3 Å². The minimum Gasteiger partial charge on any atom is -0.493 e. The number of aromatic amines is 1. The van der Waals surface area contributed by atoms with E-state index < -0.39 is 5.56 Å². The van der Waals surface area contributed by atoms with E-state index in [0.717, 1.165) is 11.8 Å². The summed E-state index contributed by atoms with van der Waals surface area (Å²) < 4.78 is 11.0. The Labute approximate surface area is 152 Å². The Morgan fingerprint density at radius 1 is 1.42 bits per heavy atom. The zero-order valence-corrected chi connectivity index (χ0v) is 15.7. The van der Waals surface area contributed by atoms with Crippen molar-refractivity contribution in [1.82, 2.24) is 9.97 Å². The maximum absolute atomic E-state index is 12.0. The fourth-order valence-electron chi connectivity index (χ4n) is 2.03. The molecule has 0 bridgehead atoms. The molecule has 126 valence electrons. The number of H-pyrrole nitrogens is 1. The summed E-state index contributed by atoms with van der Waals surface area (Å²) >= 11 is 4.65. The highest BCUT2D eigenvalue weighted by atomic mass is 79.9. The Morgan fingerprint density at radius 2 is 2.21 bits per heavy atom. The van der Waals surface area contributed by atoms with E-state index in [-0.39, 0.29) is 5.56 Å². The molecule has 0 aliphatic rings. The van der Waals surface area contributed by atoms with Gasteiger partial charge in [0.25, 0.3) is 5.56 Å². The van der Waals surface area contributed by atoms with Gasteiger partial charge >= 0.3 is 0 Å². The fraction of sp³-hybridized carbons (Fsp3) is 0.312. The lowest BCUT2D eigenvalue weighted by Crippen LogP contribution is -2.14. The predicted octanol–water partition coefficient (Wildman–Crippen LogP) is 3.20. The van der Waals surface area contributed by atoms with Gasteiger partial charge in [0.05, 0.1) is 19.4 Å². The molecule has 0 saturated carbocycles. The summed E-state index contributed by atoms with van der Waals surface area (Å²) in [6.07, 6.45) is 2.67. The predicted molar refractivity (Wildman–Crippen MR) is 97.2 cm³/mol. The molecule has 0 aliphatic heterocycles. The zero-order valence-electron chi connectivity index (χ0n) is 13.3. The summed E-state index contributed by atoms with van der Waals surface area (Å²) in [7, 11) is 1.54. The second-order valence-electron chi connectivity index (χ2n) is 4.67. The first-order valence-corrected chi connectivity index (χ1v) is 9.44. The lowest BCUT2D eigenvalue weighted by molar-refractivity contribution is 0.295. The second kappa shape index (κ2) is 8.76. The van der Waals surface area contributed by atoms with Gasteiger partial charge in [0, 0.05) is 10.9 Å². The van der Waals surface area contributed by atoms with Crippen LogP contribution in [0, 0.1) is 11.3 Å². The van der Waals surface area contributed by atoms with Gasteiger partial charge in [-0.2, -0.15) is 5.26 Å². The van der Waals surface area contributed by atoms with E-state index in [0.29, 0.717) is 34.5 Å². The van der Waals surface area contributed by atoms with Crippen LogP contribution in [0.15, 0.2) is 28.2 Å². The number of rotatable bonds is 7. The number of aromatic nitrogens is 2. The van der Waals surface area contributed by atoms with Crippen molar-refractivity contribution in [1.29, 1.82) is 5.26 Å². The van der Waals surface area contributed by atoms with Crippen molar-refractivity contribution >= 4 is 27.7 Å². The van der Waals surface area contributed by atoms with Crippen molar-refractivity contribution in [2.45, 2.75) is 11.6 Å². The number of hydrogen-bond donors (Lipinski definition) is 1. The van der Waals surface area contributed by atoms with Crippen molar-refractivity contribution in [3.63, 3.8) is 0 Å². The number of nitrogens with zero attached hydrogens (tertiary/aromatic N) is 2. The fourth-order valence-corrected chi connectivity index (χ4v) is 2.64. The minimum atomic E-state index is -0.455. The quantitative estimate of drug-likeness (QED) is 0.327. The van der Waals surface area contributed by atoms with E-state index in [1.807, 2.05) is 6.07 Å². The molecule has 1 heterocycles. The molecule has 1 aromatic heterocycles. The van der Waals surface area contributed by atoms with Gasteiger partial charge in [0.15, 0.2) is 16.7 Å². The third kappa shape index (κ3) is 4.10. The summed E-state index contributed by atoms with van der Waals surface area (Å²) in [4.78, 5) is 19.0. The van der Waals surface area contributed by atoms with Gasteiger partial charge in [0.2, 0.25) is 0 Å². The standard InChI is InChI=1S/C16H16BrN3O3S/c1-22-13-8-10(4-5-12(13)23-7-3-6-17)14-11(9-18)15(21)20-16(19-14)24-2/h4-5,8H,3,6-7H2,1-2H3,(H,19,20,21). The molecule has 0 unspecified atom stereocenters. The number of alkyl halides is 1. The Balaban J connectivity index is 2.48. The zero-order chi connectivity index (χ0) is 17.5. The van der Waals surface area contributed by atoms with Crippen LogP contribution in [0.3, 0.4) is 0 Å². The van der Waals surface area contributed by atoms with Crippen LogP contribution in [0.5, 0.6) is 11.5 Å². The van der Waals surface area contributed by atoms with Gasteiger partial charge in [-0.25, -0.2) is 4.98 Å². The first kappa shape index (κ1) is 18.4. The third-order valence-corrected chi connectivity index (χ3v) is 4.32. The van der Waals surface area contributed by atoms with Gasteiger partial charge < -0.3 is 14.5 Å². The van der Waals surface area contributed by atoms with Gasteiger partial charge in [-0.3, -0.25) is 4.79 Å². The number of halogens is 1. The highest BCUT2D eigenvalue weighted by Gasteiger charge is 2.15. The van der Waals surface area contributed by atoms with Crippen LogP contribution < -0.4 is 15.0 Å². The number of thioether (sulfide) groups is 1. The lowest BCUT2D eigenvalue weighted by Gasteiger charge is -2.12. The molecule has 0 saturated heterocycles. The van der Waals surface area contributed by atoms with Crippen molar-refractivity contribution in [3.8, 4) is 28.8 Å². The van der Waals surface area contributed by atoms with Crippen molar-refractivity contribution in [3.05, 3.63) is 34.1 Å². The van der Waals surface area contributed by atoms with Gasteiger partial charge in [-0.15, -0.1) is 0 Å². The molecule has 24 heavy (non-hydrogen) atoms. The van der Waals surface area contributed by atoms with Crippen molar-refractivity contribution in [2.24, 2.45) is 0 Å². The van der Waals surface area contributed by atoms with Gasteiger partial charge in [-0.05, 0) is 30.9 Å². The van der Waals surface area contributed by atoms with Crippen LogP contribution in [0.4, 0.5) is 0 Å². The number of methoxy groups -OCH3 is 1. The Bertz CT molecular complexity index is 817. The maximum atomic E-state index is 12.0. The Kier molecular flexibility index (Phi) is 6.70. The third-order valence-electron chi connectivity index (χ3n) is 3.18. The monoisotopic (exact) mass is 409 g/mol. The molecule has 0 radical (unpaired) electrons. The number of nitrogens with one attached hydrogen (secondary N) is 1. The highest BCUT2D eigenvalue weighted by Crippen LogP contribution is 2.33. The van der Waals surface area contributed by atoms with E-state index in [1.165, 1.54) is 11.8 Å². The topological polar surface area (TPSA) is 88.0 Å². The summed E-state index contributed by atoms with van der Waals surface area (Å²) in [5.74, 6) is 1.13. The number of ether oxygens (including phenoxy) is 2. The first-order valence-electron chi connectivity index (χ1n) is 7.10. The van der Waals surface area contributed by atoms with Crippen LogP contribution in [0.25, 0.3) is 11.3 Å². The summed E-state index contributed by atoms with van der Waals surface area (Å²) in [6.45, 7) is 0.560. The molecule has 1 aromatic carbocycles. The largest absolute Gasteiger partial charge is 0.493 e. The Morgan fingerprint density at radius 3 is 2.83 bits per heavy atom. The van der Waals surface area contributed by atoms with E-state index >= 15 is 0 Å². The van der Waals surface area contributed by atoms with Crippen LogP contribution in [0.1, 0.15) is 12.0 Å². The molecular weight excluding hydrogens is 394 g/mol. The maximum Gasteiger partial charge on any atom is 0.270 e. The molecule has 6 nitrogen and oxygen atoms in total. The molecule has 8 heteroatoms. The summed E-state index contributed by atoms with van der Waals surface area (Å²) in [6, 6.07) is 7.15. The molecule has 0 atom stereocenters. The van der Waals surface area contributed by atoms with Crippen LogP contribution in [-0.2, 0) is 0 Å². The average molecular weight is 410 g/mol. The molecule has 0 fully saturated rings.